The number of nitrogens with zero attached hydrogens (tertiary/aromatic N) is 5. The van der Waals surface area contributed by atoms with Crippen LogP contribution in [-0.4, -0.2) is 32.5 Å². The molecule has 8 nitrogen and oxygen atoms in total. The standard InChI is InChI=1S/C19H25N7O/c1-19(2,3)15-11-23-17(27-15)12-25-18(20-4)24-10-14-5-6-22-16(9-14)26-8-7-21-13-26/h5-9,11,13H,10,12H2,1-4H3,(H2,20,24,25). The number of guanidine groups is 1. The second kappa shape index (κ2) is 8.03. The van der Waals surface area contributed by atoms with Crippen LogP contribution in [0.15, 0.2) is 52.7 Å². The Morgan fingerprint density at radius 3 is 2.67 bits per heavy atom. The normalized spacial score (nSPS) is 12.2. The van der Waals surface area contributed by atoms with E-state index in [4.69, 9.17) is 4.42 Å². The first kappa shape index (κ1) is 18.6. The van der Waals surface area contributed by atoms with Crippen molar-refractivity contribution in [3.05, 3.63) is 60.5 Å². The van der Waals surface area contributed by atoms with Gasteiger partial charge in [0.25, 0.3) is 0 Å². The van der Waals surface area contributed by atoms with Crippen LogP contribution in [0, 0.1) is 0 Å². The summed E-state index contributed by atoms with van der Waals surface area (Å²) in [4.78, 5) is 17.0. The molecule has 0 atom stereocenters. The van der Waals surface area contributed by atoms with E-state index in [2.05, 4.69) is 51.3 Å². The molecule has 0 aliphatic rings. The third kappa shape index (κ3) is 4.93. The molecular weight excluding hydrogens is 342 g/mol. The van der Waals surface area contributed by atoms with Crippen molar-refractivity contribution in [3.8, 4) is 5.82 Å². The van der Waals surface area contributed by atoms with E-state index >= 15 is 0 Å². The zero-order chi connectivity index (χ0) is 19.3. The molecule has 3 aromatic heterocycles. The van der Waals surface area contributed by atoms with Crippen molar-refractivity contribution in [2.75, 3.05) is 7.05 Å². The first-order valence-corrected chi connectivity index (χ1v) is 8.78. The average Bonchev–Trinajstić information content (AvgIpc) is 3.34. The summed E-state index contributed by atoms with van der Waals surface area (Å²) in [6.45, 7) is 7.36. The van der Waals surface area contributed by atoms with E-state index in [-0.39, 0.29) is 5.41 Å². The molecule has 8 heteroatoms. The molecule has 0 saturated heterocycles. The highest BCUT2D eigenvalue weighted by molar-refractivity contribution is 5.79. The Morgan fingerprint density at radius 2 is 2.00 bits per heavy atom. The number of rotatable bonds is 5. The first-order chi connectivity index (χ1) is 13.0. The molecule has 0 aliphatic carbocycles. The van der Waals surface area contributed by atoms with Crippen LogP contribution >= 0.6 is 0 Å². The summed E-state index contributed by atoms with van der Waals surface area (Å²) in [5.41, 5.74) is 1.03. The molecule has 3 rings (SSSR count). The zero-order valence-corrected chi connectivity index (χ0v) is 16.1. The fraction of sp³-hybridized carbons (Fsp3) is 0.368. The van der Waals surface area contributed by atoms with Gasteiger partial charge >= 0.3 is 0 Å². The molecule has 0 bridgehead atoms. The first-order valence-electron chi connectivity index (χ1n) is 8.78. The molecule has 142 valence electrons. The smallest absolute Gasteiger partial charge is 0.213 e. The van der Waals surface area contributed by atoms with Gasteiger partial charge in [-0.25, -0.2) is 15.0 Å². The predicted octanol–water partition coefficient (Wildman–Crippen LogP) is 2.42. The number of aromatic nitrogens is 4. The lowest BCUT2D eigenvalue weighted by molar-refractivity contribution is 0.379. The number of aliphatic imine (C=N–C) groups is 1. The maximum absolute atomic E-state index is 5.79. The monoisotopic (exact) mass is 367 g/mol. The van der Waals surface area contributed by atoms with Gasteiger partial charge in [-0.1, -0.05) is 20.8 Å². The Kier molecular flexibility index (Phi) is 5.54. The SMILES string of the molecule is CN=C(NCc1ccnc(-n2ccnc2)c1)NCc1ncc(C(C)(C)C)o1. The third-order valence-corrected chi connectivity index (χ3v) is 3.96. The largest absolute Gasteiger partial charge is 0.443 e. The maximum atomic E-state index is 5.79. The van der Waals surface area contributed by atoms with Gasteiger partial charge in [0.05, 0.1) is 12.7 Å². The Labute approximate surface area is 158 Å². The van der Waals surface area contributed by atoms with Crippen LogP contribution in [0.25, 0.3) is 5.82 Å². The van der Waals surface area contributed by atoms with Crippen LogP contribution < -0.4 is 10.6 Å². The number of pyridine rings is 1. The molecule has 3 aromatic rings. The van der Waals surface area contributed by atoms with E-state index in [0.29, 0.717) is 24.9 Å². The Hall–Kier alpha value is -3.16. The fourth-order valence-corrected chi connectivity index (χ4v) is 2.41. The number of imidazole rings is 1. The van der Waals surface area contributed by atoms with E-state index in [1.54, 1.807) is 32.0 Å². The number of nitrogens with one attached hydrogen (secondary N) is 2. The molecule has 0 radical (unpaired) electrons. The Bertz CT molecular complexity index is 891. The number of hydrogen-bond donors (Lipinski definition) is 2. The van der Waals surface area contributed by atoms with Gasteiger partial charge in [0.15, 0.2) is 5.96 Å². The maximum Gasteiger partial charge on any atom is 0.213 e. The fourth-order valence-electron chi connectivity index (χ4n) is 2.41. The van der Waals surface area contributed by atoms with Crippen LogP contribution in [-0.2, 0) is 18.5 Å². The minimum atomic E-state index is -0.0561. The van der Waals surface area contributed by atoms with Gasteiger partial charge in [-0.05, 0) is 17.7 Å². The van der Waals surface area contributed by atoms with Crippen molar-refractivity contribution < 1.29 is 4.42 Å². The van der Waals surface area contributed by atoms with E-state index in [1.165, 1.54) is 0 Å². The van der Waals surface area contributed by atoms with Crippen molar-refractivity contribution in [1.82, 2.24) is 30.2 Å². The van der Waals surface area contributed by atoms with Crippen LogP contribution in [0.4, 0.5) is 0 Å². The van der Waals surface area contributed by atoms with Gasteiger partial charge in [0, 0.05) is 37.6 Å². The molecule has 2 N–H and O–H groups in total. The molecule has 0 unspecified atom stereocenters. The lowest BCUT2D eigenvalue weighted by Gasteiger charge is -2.13. The average molecular weight is 367 g/mol. The van der Waals surface area contributed by atoms with E-state index in [1.807, 2.05) is 22.9 Å². The third-order valence-electron chi connectivity index (χ3n) is 3.96. The van der Waals surface area contributed by atoms with Crippen LogP contribution in [0.5, 0.6) is 0 Å². The topological polar surface area (TPSA) is 93.2 Å². The van der Waals surface area contributed by atoms with Crippen molar-refractivity contribution in [3.63, 3.8) is 0 Å². The molecule has 0 spiro atoms. The lowest BCUT2D eigenvalue weighted by atomic mass is 9.94. The van der Waals surface area contributed by atoms with Gasteiger partial charge in [-0.2, -0.15) is 0 Å². The van der Waals surface area contributed by atoms with Crippen LogP contribution in [0.2, 0.25) is 0 Å². The summed E-state index contributed by atoms with van der Waals surface area (Å²) in [5, 5.41) is 6.50. The highest BCUT2D eigenvalue weighted by Crippen LogP contribution is 2.22. The van der Waals surface area contributed by atoms with Crippen LogP contribution in [0.3, 0.4) is 0 Å². The molecular formula is C19H25N7O. The van der Waals surface area contributed by atoms with Gasteiger partial charge < -0.3 is 15.1 Å². The lowest BCUT2D eigenvalue weighted by Crippen LogP contribution is -2.36. The highest BCUT2D eigenvalue weighted by Gasteiger charge is 2.19. The van der Waals surface area contributed by atoms with Gasteiger partial charge in [-0.3, -0.25) is 9.56 Å². The molecule has 27 heavy (non-hydrogen) atoms. The Balaban J connectivity index is 1.55. The summed E-state index contributed by atoms with van der Waals surface area (Å²) in [5.74, 6) is 3.00. The summed E-state index contributed by atoms with van der Waals surface area (Å²) in [6, 6.07) is 3.97. The summed E-state index contributed by atoms with van der Waals surface area (Å²) in [6.07, 6.45) is 8.88. The summed E-state index contributed by atoms with van der Waals surface area (Å²) < 4.78 is 7.66. The van der Waals surface area contributed by atoms with Crippen molar-refractivity contribution in [1.29, 1.82) is 0 Å². The second-order valence-electron chi connectivity index (χ2n) is 7.14. The van der Waals surface area contributed by atoms with Gasteiger partial charge in [0.2, 0.25) is 5.89 Å². The van der Waals surface area contributed by atoms with Gasteiger partial charge in [-0.15, -0.1) is 0 Å². The second-order valence-corrected chi connectivity index (χ2v) is 7.14. The molecule has 0 saturated carbocycles. The minimum absolute atomic E-state index is 0.0561. The number of hydrogen-bond acceptors (Lipinski definition) is 5. The Morgan fingerprint density at radius 1 is 1.19 bits per heavy atom. The predicted molar refractivity (Wildman–Crippen MR) is 104 cm³/mol. The molecule has 3 heterocycles. The highest BCUT2D eigenvalue weighted by atomic mass is 16.4. The minimum Gasteiger partial charge on any atom is -0.443 e. The molecule has 0 fully saturated rings. The van der Waals surface area contributed by atoms with E-state index < -0.39 is 0 Å². The summed E-state index contributed by atoms with van der Waals surface area (Å²) >= 11 is 0. The van der Waals surface area contributed by atoms with Gasteiger partial charge in [0.1, 0.15) is 17.9 Å². The molecule has 0 amide bonds. The molecule has 0 aliphatic heterocycles. The van der Waals surface area contributed by atoms with Crippen LogP contribution in [0.1, 0.15) is 38.0 Å². The van der Waals surface area contributed by atoms with E-state index in [9.17, 15) is 0 Å². The van der Waals surface area contributed by atoms with Crippen molar-refractivity contribution in [2.45, 2.75) is 39.3 Å². The van der Waals surface area contributed by atoms with E-state index in [0.717, 1.165) is 17.1 Å². The quantitative estimate of drug-likeness (QED) is 0.531. The van der Waals surface area contributed by atoms with Crippen molar-refractivity contribution in [2.24, 2.45) is 4.99 Å². The summed E-state index contributed by atoms with van der Waals surface area (Å²) in [7, 11) is 1.73. The molecule has 0 aromatic carbocycles. The number of oxazole rings is 1. The van der Waals surface area contributed by atoms with Crippen molar-refractivity contribution >= 4 is 5.96 Å². The zero-order valence-electron chi connectivity index (χ0n) is 16.1.